The fourth-order valence-corrected chi connectivity index (χ4v) is 1.65. The van der Waals surface area contributed by atoms with E-state index in [1.54, 1.807) is 6.92 Å². The molecule has 0 aromatic carbocycles. The third kappa shape index (κ3) is 5.28. The summed E-state index contributed by atoms with van der Waals surface area (Å²) in [6.45, 7) is 3.75. The Labute approximate surface area is 103 Å². The lowest BCUT2D eigenvalue weighted by atomic mass is 9.88. The molecule has 0 radical (unpaired) electrons. The Hall–Kier alpha value is -0.940. The first-order chi connectivity index (χ1) is 7.60. The maximum absolute atomic E-state index is 11.9. The summed E-state index contributed by atoms with van der Waals surface area (Å²) in [6, 6.07) is 0. The highest BCUT2D eigenvalue weighted by molar-refractivity contribution is 5.99. The zero-order chi connectivity index (χ0) is 13.8. The molecule has 0 fully saturated rings. The van der Waals surface area contributed by atoms with Crippen LogP contribution in [0.4, 0.5) is 0 Å². The van der Waals surface area contributed by atoms with Gasteiger partial charge in [0.05, 0.1) is 21.1 Å². The fraction of sp³-hybridized carbons (Fsp3) is 0.833. The van der Waals surface area contributed by atoms with Gasteiger partial charge in [0.25, 0.3) is 0 Å². The van der Waals surface area contributed by atoms with Crippen molar-refractivity contribution < 1.29 is 24.3 Å². The number of likely N-dealkylation sites (N-methyl/N-ethyl adjacent to an activating group) is 1. The van der Waals surface area contributed by atoms with E-state index in [1.165, 1.54) is 0 Å². The third-order valence-electron chi connectivity index (χ3n) is 2.79. The van der Waals surface area contributed by atoms with E-state index >= 15 is 0 Å². The first-order valence-electron chi connectivity index (χ1n) is 5.85. The molecular formula is C12H24NO4+. The second-order valence-corrected chi connectivity index (χ2v) is 5.57. The summed E-state index contributed by atoms with van der Waals surface area (Å²) < 4.78 is 0.415. The second kappa shape index (κ2) is 6.12. The van der Waals surface area contributed by atoms with E-state index in [4.69, 9.17) is 5.11 Å². The molecule has 0 aliphatic carbocycles. The Kier molecular flexibility index (Phi) is 5.78. The number of hydrogen-bond acceptors (Lipinski definition) is 3. The van der Waals surface area contributed by atoms with Gasteiger partial charge in [0.2, 0.25) is 0 Å². The number of carboxylic acids is 1. The number of quaternary nitrogens is 1. The number of carbonyl (C=O) groups is 2. The molecule has 0 heterocycles. The highest BCUT2D eigenvalue weighted by Gasteiger charge is 2.38. The van der Waals surface area contributed by atoms with Crippen LogP contribution in [0.2, 0.25) is 0 Å². The van der Waals surface area contributed by atoms with Crippen molar-refractivity contribution in [1.29, 1.82) is 0 Å². The number of aliphatic carboxylic acids is 1. The molecule has 0 rings (SSSR count). The average molecular weight is 246 g/mol. The van der Waals surface area contributed by atoms with Gasteiger partial charge in [0, 0.05) is 5.92 Å². The molecule has 0 amide bonds. The van der Waals surface area contributed by atoms with Crippen molar-refractivity contribution in [1.82, 2.24) is 0 Å². The van der Waals surface area contributed by atoms with Crippen molar-refractivity contribution in [2.24, 2.45) is 11.8 Å². The van der Waals surface area contributed by atoms with E-state index in [-0.39, 0.29) is 18.2 Å². The van der Waals surface area contributed by atoms with E-state index < -0.39 is 18.0 Å². The molecule has 0 aliphatic rings. The summed E-state index contributed by atoms with van der Waals surface area (Å²) in [5, 5.41) is 19.0. The summed E-state index contributed by atoms with van der Waals surface area (Å²) in [7, 11) is 5.53. The van der Waals surface area contributed by atoms with Crippen LogP contribution >= 0.6 is 0 Å². The maximum atomic E-state index is 11.9. The summed E-state index contributed by atoms with van der Waals surface area (Å²) in [5.74, 6) is -3.28. The molecule has 0 unspecified atom stereocenters. The Bertz CT molecular complexity index is 283. The number of nitrogens with zero attached hydrogens (tertiary/aromatic N) is 1. The Morgan fingerprint density at radius 1 is 1.24 bits per heavy atom. The van der Waals surface area contributed by atoms with E-state index in [2.05, 4.69) is 0 Å². The van der Waals surface area contributed by atoms with Crippen molar-refractivity contribution in [3.05, 3.63) is 0 Å². The molecule has 2 N–H and O–H groups in total. The van der Waals surface area contributed by atoms with Crippen LogP contribution in [0.5, 0.6) is 0 Å². The smallest absolute Gasteiger partial charge is 0.316 e. The number of carboxylic acid groups (broad SMARTS) is 1. The number of hydrogen-bond donors (Lipinski definition) is 2. The number of aliphatic hydroxyl groups excluding tert-OH is 1. The second-order valence-electron chi connectivity index (χ2n) is 5.57. The van der Waals surface area contributed by atoms with Crippen LogP contribution < -0.4 is 0 Å². The van der Waals surface area contributed by atoms with Crippen LogP contribution in [0.25, 0.3) is 0 Å². The van der Waals surface area contributed by atoms with Crippen molar-refractivity contribution in [3.63, 3.8) is 0 Å². The third-order valence-corrected chi connectivity index (χ3v) is 2.79. The molecule has 5 heteroatoms. The van der Waals surface area contributed by atoms with Gasteiger partial charge >= 0.3 is 5.97 Å². The van der Waals surface area contributed by atoms with Gasteiger partial charge in [0.1, 0.15) is 18.6 Å². The van der Waals surface area contributed by atoms with Gasteiger partial charge in [-0.05, 0) is 6.42 Å². The van der Waals surface area contributed by atoms with E-state index in [0.717, 1.165) is 0 Å². The fourth-order valence-electron chi connectivity index (χ4n) is 1.65. The minimum atomic E-state index is -1.32. The number of aliphatic hydroxyl groups is 1. The zero-order valence-corrected chi connectivity index (χ0v) is 11.3. The normalized spacial score (nSPS) is 17.3. The zero-order valence-electron chi connectivity index (χ0n) is 11.3. The maximum Gasteiger partial charge on any atom is 0.316 e. The lowest BCUT2D eigenvalue weighted by Gasteiger charge is -2.29. The minimum absolute atomic E-state index is 0.235. The van der Waals surface area contributed by atoms with E-state index in [9.17, 15) is 14.7 Å². The average Bonchev–Trinajstić information content (AvgIpc) is 2.12. The predicted molar refractivity (Wildman–Crippen MR) is 64.5 cm³/mol. The van der Waals surface area contributed by atoms with Crippen molar-refractivity contribution in [2.45, 2.75) is 26.4 Å². The molecule has 0 aliphatic heterocycles. The topological polar surface area (TPSA) is 74.6 Å². The standard InChI is InChI=1S/C12H23NO4/c1-6-8(2)11(15)10(12(16)17)9(14)7-13(3,4)5/h8-10,14H,6-7H2,1-5H3/p+1/t8-,9+,10+/m0/s1. The van der Waals surface area contributed by atoms with Crippen LogP contribution in [-0.2, 0) is 9.59 Å². The van der Waals surface area contributed by atoms with Gasteiger partial charge in [-0.2, -0.15) is 0 Å². The monoisotopic (exact) mass is 246 g/mol. The van der Waals surface area contributed by atoms with E-state index in [0.29, 0.717) is 10.9 Å². The molecule has 17 heavy (non-hydrogen) atoms. The van der Waals surface area contributed by atoms with Gasteiger partial charge < -0.3 is 14.7 Å². The number of Topliss-reactive ketones (excluding diaryl/α,β-unsaturated/α-hetero) is 1. The van der Waals surface area contributed by atoms with Crippen molar-refractivity contribution in [2.75, 3.05) is 27.7 Å². The van der Waals surface area contributed by atoms with Crippen LogP contribution in [0.1, 0.15) is 20.3 Å². The SMILES string of the molecule is CC[C@H](C)C(=O)[C@H](C(=O)O)[C@H](O)C[N+](C)(C)C. The predicted octanol–water partition coefficient (Wildman–Crippen LogP) is 0.369. The lowest BCUT2D eigenvalue weighted by Crippen LogP contribution is -2.48. The largest absolute Gasteiger partial charge is 0.481 e. The summed E-state index contributed by atoms with van der Waals surface area (Å²) in [5.41, 5.74) is 0. The molecule has 100 valence electrons. The molecule has 0 bridgehead atoms. The van der Waals surface area contributed by atoms with Gasteiger partial charge in [0.15, 0.2) is 5.78 Å². The molecule has 0 saturated carbocycles. The quantitative estimate of drug-likeness (QED) is 0.503. The lowest BCUT2D eigenvalue weighted by molar-refractivity contribution is -0.873. The van der Waals surface area contributed by atoms with Crippen molar-refractivity contribution >= 4 is 11.8 Å². The number of rotatable bonds is 7. The Balaban J connectivity index is 4.86. The molecule has 0 aromatic heterocycles. The van der Waals surface area contributed by atoms with E-state index in [1.807, 2.05) is 28.1 Å². The summed E-state index contributed by atoms with van der Waals surface area (Å²) in [4.78, 5) is 23.0. The molecular weight excluding hydrogens is 222 g/mol. The number of ketones is 1. The summed E-state index contributed by atoms with van der Waals surface area (Å²) >= 11 is 0. The van der Waals surface area contributed by atoms with Gasteiger partial charge in [-0.1, -0.05) is 13.8 Å². The highest BCUT2D eigenvalue weighted by atomic mass is 16.4. The molecule has 0 aromatic rings. The van der Waals surface area contributed by atoms with Crippen LogP contribution in [0, 0.1) is 11.8 Å². The van der Waals surface area contributed by atoms with Gasteiger partial charge in [-0.25, -0.2) is 0 Å². The van der Waals surface area contributed by atoms with Crippen LogP contribution in [0.3, 0.4) is 0 Å². The van der Waals surface area contributed by atoms with Gasteiger partial charge in [-0.15, -0.1) is 0 Å². The first kappa shape index (κ1) is 16.1. The molecule has 0 spiro atoms. The Morgan fingerprint density at radius 3 is 2.00 bits per heavy atom. The Morgan fingerprint density at radius 2 is 1.71 bits per heavy atom. The molecule has 5 nitrogen and oxygen atoms in total. The molecule has 0 saturated heterocycles. The van der Waals surface area contributed by atoms with Gasteiger partial charge in [-0.3, -0.25) is 9.59 Å². The highest BCUT2D eigenvalue weighted by Crippen LogP contribution is 2.16. The first-order valence-corrected chi connectivity index (χ1v) is 5.85. The summed E-state index contributed by atoms with van der Waals surface area (Å²) in [6.07, 6.45) is -0.561. The van der Waals surface area contributed by atoms with Crippen LogP contribution in [0.15, 0.2) is 0 Å². The van der Waals surface area contributed by atoms with Crippen LogP contribution in [-0.4, -0.2) is 60.2 Å². The van der Waals surface area contributed by atoms with Crippen molar-refractivity contribution in [3.8, 4) is 0 Å². The minimum Gasteiger partial charge on any atom is -0.481 e. The molecule has 3 atom stereocenters. The number of carbonyl (C=O) groups excluding carboxylic acids is 1.